The van der Waals surface area contributed by atoms with Crippen molar-refractivity contribution in [3.8, 4) is 5.75 Å². The van der Waals surface area contributed by atoms with Gasteiger partial charge in [0.25, 0.3) is 10.0 Å². The van der Waals surface area contributed by atoms with E-state index in [4.69, 9.17) is 16.3 Å². The Hall–Kier alpha value is -2.32. The van der Waals surface area contributed by atoms with Gasteiger partial charge in [0.05, 0.1) is 35.4 Å². The van der Waals surface area contributed by atoms with Gasteiger partial charge in [0, 0.05) is 6.54 Å². The molecule has 0 heterocycles. The number of hydrogen-bond acceptors (Lipinski definition) is 5. The first kappa shape index (κ1) is 20.0. The van der Waals surface area contributed by atoms with Crippen LogP contribution in [0.4, 0.5) is 10.1 Å². The molecule has 0 saturated heterocycles. The van der Waals surface area contributed by atoms with Crippen LogP contribution in [0.15, 0.2) is 41.3 Å². The SMILES string of the molecule is CCN(c1cc(C(=O)OC)ccc1Cl)S(=O)(=O)c1ccc(OC)c(F)c1. The summed E-state index contributed by atoms with van der Waals surface area (Å²) in [5.74, 6) is -1.51. The highest BCUT2D eigenvalue weighted by molar-refractivity contribution is 7.92. The molecule has 0 atom stereocenters. The summed E-state index contributed by atoms with van der Waals surface area (Å²) in [5.41, 5.74) is 0.231. The summed E-state index contributed by atoms with van der Waals surface area (Å²) < 4.78 is 50.3. The van der Waals surface area contributed by atoms with Crippen molar-refractivity contribution >= 4 is 33.3 Å². The van der Waals surface area contributed by atoms with E-state index < -0.39 is 21.8 Å². The fraction of sp³-hybridized carbons (Fsp3) is 0.235. The molecule has 2 rings (SSSR count). The molecule has 0 amide bonds. The molecule has 26 heavy (non-hydrogen) atoms. The summed E-state index contributed by atoms with van der Waals surface area (Å²) in [6.07, 6.45) is 0. The molecule has 140 valence electrons. The van der Waals surface area contributed by atoms with E-state index in [0.29, 0.717) is 0 Å². The number of esters is 1. The average Bonchev–Trinajstić information content (AvgIpc) is 2.62. The Balaban J connectivity index is 2.57. The monoisotopic (exact) mass is 401 g/mol. The number of carbonyl (C=O) groups excluding carboxylic acids is 1. The summed E-state index contributed by atoms with van der Waals surface area (Å²) in [6.45, 7) is 1.61. The van der Waals surface area contributed by atoms with Crippen LogP contribution in [0.5, 0.6) is 5.75 Å². The van der Waals surface area contributed by atoms with Gasteiger partial charge in [-0.3, -0.25) is 4.31 Å². The van der Waals surface area contributed by atoms with Crippen LogP contribution < -0.4 is 9.04 Å². The van der Waals surface area contributed by atoms with Gasteiger partial charge in [-0.25, -0.2) is 17.6 Å². The van der Waals surface area contributed by atoms with Gasteiger partial charge >= 0.3 is 5.97 Å². The lowest BCUT2D eigenvalue weighted by atomic mass is 10.2. The molecule has 0 radical (unpaired) electrons. The van der Waals surface area contributed by atoms with E-state index >= 15 is 0 Å². The molecule has 0 spiro atoms. The van der Waals surface area contributed by atoms with Gasteiger partial charge in [0.15, 0.2) is 11.6 Å². The Labute approximate surface area is 156 Å². The first-order chi connectivity index (χ1) is 12.3. The molecule has 2 aromatic carbocycles. The molecular formula is C17H17ClFNO5S. The van der Waals surface area contributed by atoms with E-state index in [9.17, 15) is 17.6 Å². The standard InChI is InChI=1S/C17H17ClFNO5S/c1-4-20(15-9-11(17(21)25-3)5-7-13(15)18)26(22,23)12-6-8-16(24-2)14(19)10-12/h5-10H,4H2,1-3H3. The molecule has 0 N–H and O–H groups in total. The van der Waals surface area contributed by atoms with Crippen LogP contribution in [-0.4, -0.2) is 35.2 Å². The molecule has 0 aliphatic carbocycles. The van der Waals surface area contributed by atoms with Gasteiger partial charge in [0.2, 0.25) is 0 Å². The molecular weight excluding hydrogens is 385 g/mol. The number of rotatable bonds is 6. The fourth-order valence-corrected chi connectivity index (χ4v) is 4.12. The second kappa shape index (κ2) is 7.92. The molecule has 0 aliphatic heterocycles. The highest BCUT2D eigenvalue weighted by atomic mass is 35.5. The van der Waals surface area contributed by atoms with Gasteiger partial charge in [-0.2, -0.15) is 0 Å². The third-order valence-electron chi connectivity index (χ3n) is 3.63. The maximum absolute atomic E-state index is 14.0. The van der Waals surface area contributed by atoms with Gasteiger partial charge in [0.1, 0.15) is 0 Å². The molecule has 9 heteroatoms. The molecule has 0 fully saturated rings. The largest absolute Gasteiger partial charge is 0.494 e. The van der Waals surface area contributed by atoms with E-state index in [1.807, 2.05) is 0 Å². The Morgan fingerprint density at radius 2 is 1.88 bits per heavy atom. The lowest BCUT2D eigenvalue weighted by Crippen LogP contribution is -2.31. The van der Waals surface area contributed by atoms with Crippen LogP contribution in [0.3, 0.4) is 0 Å². The second-order valence-corrected chi connectivity index (χ2v) is 7.39. The zero-order chi connectivity index (χ0) is 19.5. The van der Waals surface area contributed by atoms with Crippen molar-refractivity contribution in [2.75, 3.05) is 25.1 Å². The summed E-state index contributed by atoms with van der Waals surface area (Å²) >= 11 is 6.14. The topological polar surface area (TPSA) is 72.9 Å². The van der Waals surface area contributed by atoms with E-state index in [1.54, 1.807) is 6.92 Å². The smallest absolute Gasteiger partial charge is 0.337 e. The van der Waals surface area contributed by atoms with Crippen LogP contribution in [0.2, 0.25) is 5.02 Å². The van der Waals surface area contributed by atoms with E-state index in [0.717, 1.165) is 10.4 Å². The van der Waals surface area contributed by atoms with Crippen molar-refractivity contribution in [3.63, 3.8) is 0 Å². The maximum atomic E-state index is 14.0. The van der Waals surface area contributed by atoms with Gasteiger partial charge < -0.3 is 9.47 Å². The lowest BCUT2D eigenvalue weighted by molar-refractivity contribution is 0.0600. The lowest BCUT2D eigenvalue weighted by Gasteiger charge is -2.24. The highest BCUT2D eigenvalue weighted by Gasteiger charge is 2.27. The van der Waals surface area contributed by atoms with Crippen molar-refractivity contribution in [2.45, 2.75) is 11.8 Å². The quantitative estimate of drug-likeness (QED) is 0.693. The summed E-state index contributed by atoms with van der Waals surface area (Å²) in [6, 6.07) is 7.46. The number of carbonyl (C=O) groups is 1. The van der Waals surface area contributed by atoms with Crippen LogP contribution in [-0.2, 0) is 14.8 Å². The molecule has 2 aromatic rings. The fourth-order valence-electron chi connectivity index (χ4n) is 2.35. The molecule has 0 bridgehead atoms. The van der Waals surface area contributed by atoms with Crippen molar-refractivity contribution in [1.82, 2.24) is 0 Å². The van der Waals surface area contributed by atoms with Gasteiger partial charge in [-0.1, -0.05) is 11.6 Å². The number of methoxy groups -OCH3 is 2. The van der Waals surface area contributed by atoms with E-state index in [1.165, 1.54) is 44.6 Å². The Morgan fingerprint density at radius 3 is 2.42 bits per heavy atom. The zero-order valence-corrected chi connectivity index (χ0v) is 15.9. The number of sulfonamides is 1. The zero-order valence-electron chi connectivity index (χ0n) is 14.3. The number of benzene rings is 2. The molecule has 0 aliphatic rings. The van der Waals surface area contributed by atoms with Gasteiger partial charge in [-0.05, 0) is 43.3 Å². The molecule has 0 aromatic heterocycles. The third kappa shape index (κ3) is 3.76. The summed E-state index contributed by atoms with van der Waals surface area (Å²) in [7, 11) is -1.63. The Bertz CT molecular complexity index is 933. The summed E-state index contributed by atoms with van der Waals surface area (Å²) in [5, 5.41) is 0.122. The molecule has 0 unspecified atom stereocenters. The van der Waals surface area contributed by atoms with Crippen LogP contribution in [0, 0.1) is 5.82 Å². The normalized spacial score (nSPS) is 11.1. The predicted octanol–water partition coefficient (Wildman–Crippen LogP) is 3.49. The first-order valence-electron chi connectivity index (χ1n) is 7.50. The van der Waals surface area contributed by atoms with E-state index in [-0.39, 0.29) is 33.5 Å². The third-order valence-corrected chi connectivity index (χ3v) is 5.84. The van der Waals surface area contributed by atoms with Crippen LogP contribution >= 0.6 is 11.6 Å². The number of nitrogens with zero attached hydrogens (tertiary/aromatic N) is 1. The van der Waals surface area contributed by atoms with Crippen molar-refractivity contribution < 1.29 is 27.1 Å². The van der Waals surface area contributed by atoms with Crippen LogP contribution in [0.1, 0.15) is 17.3 Å². The molecule has 6 nitrogen and oxygen atoms in total. The van der Waals surface area contributed by atoms with Crippen LogP contribution in [0.25, 0.3) is 0 Å². The number of halogens is 2. The average molecular weight is 402 g/mol. The second-order valence-electron chi connectivity index (χ2n) is 5.12. The number of hydrogen-bond donors (Lipinski definition) is 0. The first-order valence-corrected chi connectivity index (χ1v) is 9.32. The predicted molar refractivity (Wildman–Crippen MR) is 95.9 cm³/mol. The minimum atomic E-state index is -4.12. The van der Waals surface area contributed by atoms with Crippen molar-refractivity contribution in [1.29, 1.82) is 0 Å². The minimum absolute atomic E-state index is 0.0142. The maximum Gasteiger partial charge on any atom is 0.337 e. The van der Waals surface area contributed by atoms with Gasteiger partial charge in [-0.15, -0.1) is 0 Å². The minimum Gasteiger partial charge on any atom is -0.494 e. The number of ether oxygens (including phenoxy) is 2. The van der Waals surface area contributed by atoms with Crippen molar-refractivity contribution in [3.05, 3.63) is 52.8 Å². The Kier molecular flexibility index (Phi) is 6.09. The van der Waals surface area contributed by atoms with E-state index in [2.05, 4.69) is 4.74 Å². The number of anilines is 1. The highest BCUT2D eigenvalue weighted by Crippen LogP contribution is 2.32. The Morgan fingerprint density at radius 1 is 1.19 bits per heavy atom. The summed E-state index contributed by atoms with van der Waals surface area (Å²) in [4.78, 5) is 11.5. The van der Waals surface area contributed by atoms with Crippen molar-refractivity contribution in [2.24, 2.45) is 0 Å². The molecule has 0 saturated carbocycles.